The van der Waals surface area contributed by atoms with Gasteiger partial charge in [0.1, 0.15) is 5.82 Å². The summed E-state index contributed by atoms with van der Waals surface area (Å²) in [5, 5.41) is 10.2. The molecule has 4 heteroatoms. The summed E-state index contributed by atoms with van der Waals surface area (Å²) in [5.74, 6) is -0.155. The highest BCUT2D eigenvalue weighted by Gasteiger charge is 2.40. The van der Waals surface area contributed by atoms with Gasteiger partial charge in [0.25, 0.3) is 0 Å². The second-order valence-corrected chi connectivity index (χ2v) is 4.83. The van der Waals surface area contributed by atoms with Crippen LogP contribution in [0, 0.1) is 19.7 Å². The van der Waals surface area contributed by atoms with Crippen LogP contribution in [0.15, 0.2) is 0 Å². The fraction of sp³-hybridized carbons (Fsp3) is 0.538. The summed E-state index contributed by atoms with van der Waals surface area (Å²) in [6.07, 6.45) is 2.55. The van der Waals surface area contributed by atoms with E-state index in [1.165, 1.54) is 7.11 Å². The van der Waals surface area contributed by atoms with Crippen molar-refractivity contribution in [2.24, 2.45) is 5.73 Å². The predicted molar refractivity (Wildman–Crippen MR) is 63.8 cm³/mol. The first kappa shape index (κ1) is 12.2. The van der Waals surface area contributed by atoms with E-state index in [0.717, 1.165) is 19.3 Å². The van der Waals surface area contributed by atoms with Gasteiger partial charge in [0, 0.05) is 16.7 Å². The normalized spacial score (nSPS) is 17.7. The molecule has 1 aliphatic carbocycles. The molecule has 0 bridgehead atoms. The first-order valence-electron chi connectivity index (χ1n) is 5.77. The van der Waals surface area contributed by atoms with Crippen LogP contribution in [0.4, 0.5) is 4.39 Å². The quantitative estimate of drug-likeness (QED) is 0.833. The predicted octanol–water partition coefficient (Wildman–Crippen LogP) is 2.49. The van der Waals surface area contributed by atoms with Crippen molar-refractivity contribution in [3.05, 3.63) is 22.5 Å². The first-order valence-corrected chi connectivity index (χ1v) is 5.77. The highest BCUT2D eigenvalue weighted by atomic mass is 19.1. The second-order valence-electron chi connectivity index (χ2n) is 4.83. The molecule has 1 aromatic carbocycles. The number of aromatic hydroxyl groups is 1. The lowest BCUT2D eigenvalue weighted by Gasteiger charge is -2.40. The van der Waals surface area contributed by atoms with Gasteiger partial charge in [-0.05, 0) is 38.7 Å². The third kappa shape index (κ3) is 1.59. The molecule has 0 aliphatic heterocycles. The topological polar surface area (TPSA) is 55.5 Å². The van der Waals surface area contributed by atoms with E-state index in [0.29, 0.717) is 16.7 Å². The van der Waals surface area contributed by atoms with Crippen LogP contribution in [0.25, 0.3) is 0 Å². The Kier molecular flexibility index (Phi) is 2.78. The Balaban J connectivity index is 2.70. The maximum absolute atomic E-state index is 14.1. The second kappa shape index (κ2) is 3.88. The van der Waals surface area contributed by atoms with Gasteiger partial charge in [0.05, 0.1) is 7.11 Å². The van der Waals surface area contributed by atoms with Crippen LogP contribution >= 0.6 is 0 Å². The maximum atomic E-state index is 14.1. The zero-order valence-electron chi connectivity index (χ0n) is 10.4. The minimum Gasteiger partial charge on any atom is -0.504 e. The Morgan fingerprint density at radius 3 is 2.29 bits per heavy atom. The largest absolute Gasteiger partial charge is 0.504 e. The van der Waals surface area contributed by atoms with Crippen molar-refractivity contribution in [3.63, 3.8) is 0 Å². The minimum atomic E-state index is -0.601. The van der Waals surface area contributed by atoms with E-state index in [1.807, 2.05) is 0 Å². The van der Waals surface area contributed by atoms with Crippen molar-refractivity contribution in [2.75, 3.05) is 7.11 Å². The van der Waals surface area contributed by atoms with Gasteiger partial charge < -0.3 is 15.6 Å². The van der Waals surface area contributed by atoms with Crippen molar-refractivity contribution < 1.29 is 14.2 Å². The number of hydrogen-bond donors (Lipinski definition) is 2. The zero-order valence-corrected chi connectivity index (χ0v) is 10.4. The van der Waals surface area contributed by atoms with Crippen molar-refractivity contribution >= 4 is 0 Å². The third-order valence-corrected chi connectivity index (χ3v) is 3.77. The van der Waals surface area contributed by atoms with Crippen LogP contribution in [0.3, 0.4) is 0 Å². The number of benzene rings is 1. The molecule has 0 radical (unpaired) electrons. The lowest BCUT2D eigenvalue weighted by Crippen LogP contribution is -2.44. The highest BCUT2D eigenvalue weighted by Crippen LogP contribution is 2.49. The van der Waals surface area contributed by atoms with E-state index in [4.69, 9.17) is 10.5 Å². The van der Waals surface area contributed by atoms with E-state index in [2.05, 4.69) is 0 Å². The van der Waals surface area contributed by atoms with Gasteiger partial charge in [0.2, 0.25) is 0 Å². The number of ether oxygens (including phenoxy) is 1. The van der Waals surface area contributed by atoms with Crippen molar-refractivity contribution in [1.29, 1.82) is 0 Å². The molecule has 0 spiro atoms. The fourth-order valence-electron chi connectivity index (χ4n) is 2.63. The molecule has 1 aliphatic rings. The number of hydrogen-bond acceptors (Lipinski definition) is 3. The first-order chi connectivity index (χ1) is 7.92. The Hall–Kier alpha value is -1.29. The molecule has 2 rings (SSSR count). The Labute approximate surface area is 100 Å². The molecule has 1 aromatic rings. The molecule has 0 amide bonds. The molecule has 3 nitrogen and oxygen atoms in total. The summed E-state index contributed by atoms with van der Waals surface area (Å²) < 4.78 is 19.1. The molecule has 0 heterocycles. The molecule has 17 heavy (non-hydrogen) atoms. The van der Waals surface area contributed by atoms with E-state index >= 15 is 0 Å². The summed E-state index contributed by atoms with van der Waals surface area (Å²) in [7, 11) is 1.42. The molecule has 3 N–H and O–H groups in total. The number of phenolic OH excluding ortho intramolecular Hbond substituents is 1. The zero-order chi connectivity index (χ0) is 12.8. The summed E-state index contributed by atoms with van der Waals surface area (Å²) in [4.78, 5) is 0. The smallest absolute Gasteiger partial charge is 0.166 e. The van der Waals surface area contributed by atoms with Crippen LogP contribution in [0.1, 0.15) is 36.0 Å². The fourth-order valence-corrected chi connectivity index (χ4v) is 2.63. The van der Waals surface area contributed by atoms with Gasteiger partial charge in [-0.15, -0.1) is 0 Å². The van der Waals surface area contributed by atoms with Crippen LogP contribution in [-0.4, -0.2) is 12.2 Å². The molecule has 0 atom stereocenters. The molecule has 1 fully saturated rings. The van der Waals surface area contributed by atoms with Crippen molar-refractivity contribution in [1.82, 2.24) is 0 Å². The molecule has 0 unspecified atom stereocenters. The number of methoxy groups -OCH3 is 1. The van der Waals surface area contributed by atoms with Gasteiger partial charge in [0.15, 0.2) is 11.5 Å². The molecule has 1 saturated carbocycles. The number of nitrogens with two attached hydrogens (primary N) is 1. The van der Waals surface area contributed by atoms with Crippen LogP contribution in [0.2, 0.25) is 0 Å². The van der Waals surface area contributed by atoms with Crippen molar-refractivity contribution in [3.8, 4) is 11.5 Å². The Bertz CT molecular complexity index is 467. The summed E-state index contributed by atoms with van der Waals surface area (Å²) in [6, 6.07) is 0. The third-order valence-electron chi connectivity index (χ3n) is 3.77. The summed E-state index contributed by atoms with van der Waals surface area (Å²) in [6.45, 7) is 3.25. The van der Waals surface area contributed by atoms with Crippen LogP contribution < -0.4 is 10.5 Å². The van der Waals surface area contributed by atoms with E-state index in [-0.39, 0.29) is 17.3 Å². The summed E-state index contributed by atoms with van der Waals surface area (Å²) in [5.41, 5.74) is 6.85. The lowest BCUT2D eigenvalue weighted by atomic mass is 9.70. The van der Waals surface area contributed by atoms with Crippen LogP contribution in [0.5, 0.6) is 11.5 Å². The van der Waals surface area contributed by atoms with Gasteiger partial charge in [-0.1, -0.05) is 0 Å². The Morgan fingerprint density at radius 1 is 1.29 bits per heavy atom. The van der Waals surface area contributed by atoms with Gasteiger partial charge in [-0.3, -0.25) is 0 Å². The standard InChI is InChI=1S/C13H18FNO2/c1-7-9(13(15)5-4-6-13)11(16)12(17-3)8(2)10(7)14/h16H,4-6,15H2,1-3H3. The molecule has 94 valence electrons. The molecular weight excluding hydrogens is 221 g/mol. The number of rotatable bonds is 2. The van der Waals surface area contributed by atoms with E-state index in [9.17, 15) is 9.50 Å². The summed E-state index contributed by atoms with van der Waals surface area (Å²) >= 11 is 0. The van der Waals surface area contributed by atoms with E-state index < -0.39 is 5.54 Å². The average molecular weight is 239 g/mol. The number of halogens is 1. The Morgan fingerprint density at radius 2 is 1.88 bits per heavy atom. The SMILES string of the molecule is COc1c(C)c(F)c(C)c(C2(N)CCC2)c1O. The maximum Gasteiger partial charge on any atom is 0.166 e. The van der Waals surface area contributed by atoms with E-state index in [1.54, 1.807) is 13.8 Å². The minimum absolute atomic E-state index is 0.00824. The molecular formula is C13H18FNO2. The highest BCUT2D eigenvalue weighted by molar-refractivity contribution is 5.58. The van der Waals surface area contributed by atoms with Crippen molar-refractivity contribution in [2.45, 2.75) is 38.6 Å². The monoisotopic (exact) mass is 239 g/mol. The lowest BCUT2D eigenvalue weighted by molar-refractivity contribution is 0.239. The van der Waals surface area contributed by atoms with Gasteiger partial charge >= 0.3 is 0 Å². The average Bonchev–Trinajstić information content (AvgIpc) is 2.25. The van der Waals surface area contributed by atoms with Gasteiger partial charge in [-0.2, -0.15) is 0 Å². The molecule has 0 saturated heterocycles. The molecule has 0 aromatic heterocycles. The van der Waals surface area contributed by atoms with Crippen LogP contribution in [-0.2, 0) is 5.54 Å². The number of phenols is 1. The van der Waals surface area contributed by atoms with Gasteiger partial charge in [-0.25, -0.2) is 4.39 Å².